The van der Waals surface area contributed by atoms with E-state index in [0.717, 1.165) is 6.08 Å². The molecule has 2 nitrogen and oxygen atoms in total. The van der Waals surface area contributed by atoms with Crippen LogP contribution in [0.2, 0.25) is 0 Å². The molecule has 0 radical (unpaired) electrons. The highest BCUT2D eigenvalue weighted by atomic mass is 35.5. The summed E-state index contributed by atoms with van der Waals surface area (Å²) >= 11 is 5.19. The van der Waals surface area contributed by atoms with Crippen LogP contribution in [0.4, 0.5) is 4.39 Å². The average molecular weight is 177 g/mol. The van der Waals surface area contributed by atoms with Crippen LogP contribution in [-0.2, 0) is 4.79 Å². The third-order valence-electron chi connectivity index (χ3n) is 0.903. The Morgan fingerprint density at radius 2 is 2.09 bits per heavy atom. The molecular weight excluding hydrogens is 171 g/mol. The van der Waals surface area contributed by atoms with E-state index in [9.17, 15) is 9.18 Å². The topological polar surface area (TPSA) is 37.3 Å². The number of aliphatic carboxylic acids is 1. The Kier molecular flexibility index (Phi) is 3.54. The van der Waals surface area contributed by atoms with E-state index in [0.29, 0.717) is 0 Å². The van der Waals surface area contributed by atoms with E-state index >= 15 is 0 Å². The Bertz CT molecular complexity index is 227. The second-order valence-electron chi connectivity index (χ2n) is 1.64. The van der Waals surface area contributed by atoms with Crippen molar-refractivity contribution in [2.75, 3.05) is 0 Å². The molecule has 0 aliphatic rings. The Labute approximate surface area is 68.3 Å². The smallest absolute Gasteiger partial charge is 0.340 e. The van der Waals surface area contributed by atoms with Crippen molar-refractivity contribution in [3.63, 3.8) is 0 Å². The number of hydrogen-bond acceptors (Lipinski definition) is 1. The average Bonchev–Trinajstić information content (AvgIpc) is 1.85. The fourth-order valence-electron chi connectivity index (χ4n) is 0.450. The normalized spacial score (nSPS) is 11.8. The zero-order chi connectivity index (χ0) is 9.02. The van der Waals surface area contributed by atoms with E-state index in [1.807, 2.05) is 0 Å². The summed E-state index contributed by atoms with van der Waals surface area (Å²) in [6.45, 7) is 6.14. The van der Waals surface area contributed by atoms with Crippen LogP contribution in [0.3, 0.4) is 0 Å². The monoisotopic (exact) mass is 176 g/mol. The van der Waals surface area contributed by atoms with Gasteiger partial charge in [0.2, 0.25) is 0 Å². The maximum absolute atomic E-state index is 12.5. The molecule has 0 spiro atoms. The van der Waals surface area contributed by atoms with Gasteiger partial charge in [0.15, 0.2) is 0 Å². The zero-order valence-electron chi connectivity index (χ0n) is 5.60. The van der Waals surface area contributed by atoms with Crippen LogP contribution >= 0.6 is 11.6 Å². The highest BCUT2D eigenvalue weighted by Gasteiger charge is 2.14. The Hall–Kier alpha value is -1.09. The number of carboxylic acid groups (broad SMARTS) is 1. The maximum atomic E-state index is 12.5. The summed E-state index contributed by atoms with van der Waals surface area (Å²) in [6.07, 6.45) is 0.761. The quantitative estimate of drug-likeness (QED) is 0.529. The van der Waals surface area contributed by atoms with Crippen molar-refractivity contribution < 1.29 is 14.3 Å². The molecule has 0 unspecified atom stereocenters. The minimum Gasteiger partial charge on any atom is -0.478 e. The van der Waals surface area contributed by atoms with Gasteiger partial charge in [-0.05, 0) is 6.08 Å². The minimum atomic E-state index is -1.46. The van der Waals surface area contributed by atoms with Gasteiger partial charge in [-0.25, -0.2) is 9.18 Å². The van der Waals surface area contributed by atoms with E-state index in [1.165, 1.54) is 0 Å². The van der Waals surface area contributed by atoms with Crippen LogP contribution in [0, 0.1) is 0 Å². The lowest BCUT2D eigenvalue weighted by Gasteiger charge is -1.97. The lowest BCUT2D eigenvalue weighted by atomic mass is 10.2. The molecular formula is C7H6ClFO2. The molecule has 0 aliphatic carbocycles. The molecule has 0 heterocycles. The van der Waals surface area contributed by atoms with Gasteiger partial charge in [-0.15, -0.1) is 0 Å². The number of carboxylic acids is 1. The van der Waals surface area contributed by atoms with Crippen LogP contribution in [0.15, 0.2) is 35.7 Å². The minimum absolute atomic E-state index is 0.352. The fourth-order valence-corrected chi connectivity index (χ4v) is 0.621. The predicted molar refractivity (Wildman–Crippen MR) is 41.0 cm³/mol. The molecule has 0 saturated heterocycles. The van der Waals surface area contributed by atoms with Crippen LogP contribution in [-0.4, -0.2) is 11.1 Å². The SMILES string of the molecule is C=C/C(F)=C(\C(=C)Cl)C(=O)O. The molecule has 0 aromatic rings. The van der Waals surface area contributed by atoms with Gasteiger partial charge in [-0.2, -0.15) is 0 Å². The number of hydrogen-bond donors (Lipinski definition) is 1. The van der Waals surface area contributed by atoms with Gasteiger partial charge in [0.25, 0.3) is 0 Å². The molecule has 0 fully saturated rings. The van der Waals surface area contributed by atoms with Crippen LogP contribution < -0.4 is 0 Å². The first-order chi connectivity index (χ1) is 5.00. The first-order valence-corrected chi connectivity index (χ1v) is 2.98. The Morgan fingerprint density at radius 1 is 1.64 bits per heavy atom. The van der Waals surface area contributed by atoms with Crippen molar-refractivity contribution in [2.45, 2.75) is 0 Å². The standard InChI is InChI=1S/C7H6ClFO2/c1-3-5(9)6(4(2)8)7(10)11/h3H,1-2H2,(H,10,11)/b6-5-. The largest absolute Gasteiger partial charge is 0.478 e. The molecule has 0 aromatic heterocycles. The van der Waals surface area contributed by atoms with Crippen molar-refractivity contribution in [3.8, 4) is 0 Å². The van der Waals surface area contributed by atoms with Gasteiger partial charge in [0.05, 0.1) is 5.03 Å². The van der Waals surface area contributed by atoms with Gasteiger partial charge in [0, 0.05) is 0 Å². The first kappa shape index (κ1) is 9.91. The van der Waals surface area contributed by atoms with Crippen LogP contribution in [0.5, 0.6) is 0 Å². The summed E-state index contributed by atoms with van der Waals surface area (Å²) in [5, 5.41) is 8.00. The highest BCUT2D eigenvalue weighted by Crippen LogP contribution is 2.18. The van der Waals surface area contributed by atoms with Gasteiger partial charge in [0.1, 0.15) is 11.4 Å². The first-order valence-electron chi connectivity index (χ1n) is 2.61. The molecule has 0 saturated carbocycles. The van der Waals surface area contributed by atoms with Gasteiger partial charge in [-0.3, -0.25) is 0 Å². The molecule has 4 heteroatoms. The van der Waals surface area contributed by atoms with E-state index in [4.69, 9.17) is 16.7 Å². The number of allylic oxidation sites excluding steroid dienone is 2. The Morgan fingerprint density at radius 3 is 2.18 bits per heavy atom. The Balaban J connectivity index is 5.04. The second-order valence-corrected chi connectivity index (χ2v) is 2.09. The van der Waals surface area contributed by atoms with Crippen LogP contribution in [0.1, 0.15) is 0 Å². The van der Waals surface area contributed by atoms with Crippen molar-refractivity contribution in [3.05, 3.63) is 35.7 Å². The summed E-state index contributed by atoms with van der Waals surface area (Å²) in [5.74, 6) is -2.44. The fraction of sp³-hybridized carbons (Fsp3) is 0. The maximum Gasteiger partial charge on any atom is 0.340 e. The lowest BCUT2D eigenvalue weighted by Crippen LogP contribution is -2.01. The molecule has 0 rings (SSSR count). The van der Waals surface area contributed by atoms with E-state index in [-0.39, 0.29) is 5.03 Å². The molecule has 0 amide bonds. The molecule has 60 valence electrons. The van der Waals surface area contributed by atoms with Crippen LogP contribution in [0.25, 0.3) is 0 Å². The molecule has 1 N–H and O–H groups in total. The summed E-state index contributed by atoms with van der Waals surface area (Å²) in [7, 11) is 0. The van der Waals surface area contributed by atoms with Crippen molar-refractivity contribution in [1.29, 1.82) is 0 Å². The van der Waals surface area contributed by atoms with E-state index in [1.54, 1.807) is 0 Å². The summed E-state index contributed by atoms with van der Waals surface area (Å²) < 4.78 is 12.5. The van der Waals surface area contributed by atoms with Crippen molar-refractivity contribution in [1.82, 2.24) is 0 Å². The lowest BCUT2D eigenvalue weighted by molar-refractivity contribution is -0.132. The molecule has 0 atom stereocenters. The van der Waals surface area contributed by atoms with Crippen molar-refractivity contribution in [2.24, 2.45) is 0 Å². The third-order valence-corrected chi connectivity index (χ3v) is 1.09. The van der Waals surface area contributed by atoms with E-state index < -0.39 is 17.4 Å². The summed E-state index contributed by atoms with van der Waals surface area (Å²) in [5.41, 5.74) is -0.651. The zero-order valence-corrected chi connectivity index (χ0v) is 6.36. The van der Waals surface area contributed by atoms with Crippen molar-refractivity contribution >= 4 is 17.6 Å². The van der Waals surface area contributed by atoms with Gasteiger partial charge < -0.3 is 5.11 Å². The molecule has 0 aromatic carbocycles. The third kappa shape index (κ3) is 2.55. The molecule has 0 aliphatic heterocycles. The molecule has 11 heavy (non-hydrogen) atoms. The summed E-state index contributed by atoms with van der Waals surface area (Å²) in [4.78, 5) is 10.3. The molecule has 0 bridgehead atoms. The number of halogens is 2. The van der Waals surface area contributed by atoms with E-state index in [2.05, 4.69) is 13.2 Å². The number of rotatable bonds is 3. The predicted octanol–water partition coefficient (Wildman–Crippen LogP) is 2.23. The van der Waals surface area contributed by atoms with Gasteiger partial charge in [-0.1, -0.05) is 24.8 Å². The highest BCUT2D eigenvalue weighted by molar-refractivity contribution is 6.34. The summed E-state index contributed by atoms with van der Waals surface area (Å²) in [6, 6.07) is 0. The number of carbonyl (C=O) groups is 1. The second kappa shape index (κ2) is 3.93. The van der Waals surface area contributed by atoms with Gasteiger partial charge >= 0.3 is 5.97 Å².